The van der Waals surface area contributed by atoms with Crippen LogP contribution in [0.15, 0.2) is 53.8 Å². The number of nitroso groups, excluding NO2 is 1. The molecule has 0 radical (unpaired) electrons. The van der Waals surface area contributed by atoms with E-state index in [1.54, 1.807) is 0 Å². The van der Waals surface area contributed by atoms with Crippen LogP contribution in [0, 0.1) is 10.3 Å². The SMILES string of the molecule is CCCCN1C[N+](=O)C2=CC=CC3=Cc4ccccc4CC32C1. The summed E-state index contributed by atoms with van der Waals surface area (Å²) in [4.78, 5) is 15.0. The van der Waals surface area contributed by atoms with Gasteiger partial charge in [0.1, 0.15) is 5.41 Å². The molecule has 4 rings (SSSR count). The Morgan fingerprint density at radius 2 is 2.17 bits per heavy atom. The van der Waals surface area contributed by atoms with Crippen LogP contribution in [0.2, 0.25) is 0 Å². The fourth-order valence-electron chi connectivity index (χ4n) is 4.19. The summed E-state index contributed by atoms with van der Waals surface area (Å²) in [5.74, 6) is 0. The van der Waals surface area contributed by atoms with E-state index < -0.39 is 0 Å². The van der Waals surface area contributed by atoms with Crippen LogP contribution in [-0.4, -0.2) is 29.4 Å². The maximum absolute atomic E-state index is 12.7. The molecule has 1 saturated heterocycles. The van der Waals surface area contributed by atoms with E-state index in [1.807, 2.05) is 12.2 Å². The van der Waals surface area contributed by atoms with E-state index >= 15 is 0 Å². The van der Waals surface area contributed by atoms with Crippen LogP contribution in [-0.2, 0) is 6.42 Å². The molecule has 1 spiro atoms. The van der Waals surface area contributed by atoms with Crippen LogP contribution >= 0.6 is 0 Å². The summed E-state index contributed by atoms with van der Waals surface area (Å²) < 4.78 is 1.21. The quantitative estimate of drug-likeness (QED) is 0.790. The molecule has 3 aliphatic rings. The molecule has 1 atom stereocenters. The van der Waals surface area contributed by atoms with Gasteiger partial charge in [0, 0.05) is 28.8 Å². The molecular formula is C20H23N2O+. The van der Waals surface area contributed by atoms with Crippen LogP contribution in [0.4, 0.5) is 0 Å². The second kappa shape index (κ2) is 5.57. The van der Waals surface area contributed by atoms with E-state index in [2.05, 4.69) is 48.2 Å². The van der Waals surface area contributed by atoms with Gasteiger partial charge < -0.3 is 0 Å². The van der Waals surface area contributed by atoms with Gasteiger partial charge in [-0.05, 0) is 29.5 Å². The second-order valence-electron chi connectivity index (χ2n) is 6.89. The van der Waals surface area contributed by atoms with Gasteiger partial charge in [-0.15, -0.1) is 0 Å². The Bertz CT molecular complexity index is 744. The smallest absolute Gasteiger partial charge is 0.243 e. The van der Waals surface area contributed by atoms with Crippen molar-refractivity contribution in [3.63, 3.8) is 0 Å². The van der Waals surface area contributed by atoms with E-state index in [9.17, 15) is 4.91 Å². The minimum absolute atomic E-state index is 0.170. The highest BCUT2D eigenvalue weighted by Crippen LogP contribution is 2.49. The van der Waals surface area contributed by atoms with E-state index in [4.69, 9.17) is 0 Å². The number of unbranched alkanes of at least 4 members (excludes halogenated alkanes) is 1. The molecule has 3 heteroatoms. The van der Waals surface area contributed by atoms with Gasteiger partial charge in [-0.25, -0.2) is 4.90 Å². The van der Waals surface area contributed by atoms with Crippen molar-refractivity contribution >= 4 is 6.08 Å². The minimum atomic E-state index is -0.170. The maximum Gasteiger partial charge on any atom is 0.254 e. The molecule has 1 unspecified atom stereocenters. The Balaban J connectivity index is 1.77. The standard InChI is InChI=1S/C20H23N2O/c1-2-3-11-21-14-20-13-17-8-5-4-7-16(17)12-18(20)9-6-10-19(20)22(23)15-21/h4-10,12H,2-3,11,13-15H2,1H3/q+1. The number of hydrogen-bond donors (Lipinski definition) is 0. The molecule has 1 aromatic rings. The van der Waals surface area contributed by atoms with Gasteiger partial charge in [0.05, 0.1) is 0 Å². The highest BCUT2D eigenvalue weighted by Gasteiger charge is 2.53. The average Bonchev–Trinajstić information content (AvgIpc) is 2.56. The first kappa shape index (κ1) is 14.6. The van der Waals surface area contributed by atoms with Crippen LogP contribution in [0.3, 0.4) is 0 Å². The lowest BCUT2D eigenvalue weighted by Crippen LogP contribution is -2.53. The average molecular weight is 307 g/mol. The van der Waals surface area contributed by atoms with Crippen LogP contribution < -0.4 is 0 Å². The summed E-state index contributed by atoms with van der Waals surface area (Å²) in [5.41, 5.74) is 4.70. The van der Waals surface area contributed by atoms with E-state index in [0.29, 0.717) is 6.67 Å². The molecule has 118 valence electrons. The number of allylic oxidation sites excluding steroid dienone is 3. The third kappa shape index (κ3) is 2.31. The van der Waals surface area contributed by atoms with Gasteiger partial charge in [-0.3, -0.25) is 0 Å². The molecule has 1 aromatic carbocycles. The fourth-order valence-corrected chi connectivity index (χ4v) is 4.19. The van der Waals surface area contributed by atoms with E-state index in [-0.39, 0.29) is 5.41 Å². The first-order valence-electron chi connectivity index (χ1n) is 8.59. The Kier molecular flexibility index (Phi) is 3.53. The third-order valence-electron chi connectivity index (χ3n) is 5.35. The van der Waals surface area contributed by atoms with Crippen molar-refractivity contribution in [1.82, 2.24) is 4.90 Å². The van der Waals surface area contributed by atoms with Crippen LogP contribution in [0.25, 0.3) is 6.08 Å². The van der Waals surface area contributed by atoms with Crippen molar-refractivity contribution in [2.24, 2.45) is 5.41 Å². The summed E-state index contributed by atoms with van der Waals surface area (Å²) in [6.45, 7) is 4.65. The summed E-state index contributed by atoms with van der Waals surface area (Å²) in [7, 11) is 0. The minimum Gasteiger partial charge on any atom is -0.243 e. The predicted octanol–water partition coefficient (Wildman–Crippen LogP) is 3.92. The number of rotatable bonds is 3. The lowest BCUT2D eigenvalue weighted by Gasteiger charge is -2.43. The zero-order valence-electron chi connectivity index (χ0n) is 13.7. The highest BCUT2D eigenvalue weighted by atomic mass is 16.3. The zero-order valence-corrected chi connectivity index (χ0v) is 13.7. The predicted molar refractivity (Wildman–Crippen MR) is 92.8 cm³/mol. The van der Waals surface area contributed by atoms with Crippen molar-refractivity contribution < 1.29 is 4.76 Å². The van der Waals surface area contributed by atoms with Crippen LogP contribution in [0.1, 0.15) is 30.9 Å². The van der Waals surface area contributed by atoms with E-state index in [1.165, 1.54) is 21.5 Å². The molecule has 1 fully saturated rings. The van der Waals surface area contributed by atoms with Crippen molar-refractivity contribution in [3.8, 4) is 0 Å². The Hall–Kier alpha value is -2.00. The normalized spacial score (nSPS) is 26.0. The van der Waals surface area contributed by atoms with Gasteiger partial charge in [0.15, 0.2) is 0 Å². The van der Waals surface area contributed by atoms with Gasteiger partial charge in [-0.1, -0.05) is 55.8 Å². The monoisotopic (exact) mass is 307 g/mol. The van der Waals surface area contributed by atoms with Crippen molar-refractivity contribution in [3.05, 3.63) is 69.8 Å². The summed E-state index contributed by atoms with van der Waals surface area (Å²) in [6.07, 6.45) is 11.8. The lowest BCUT2D eigenvalue weighted by atomic mass is 9.65. The topological polar surface area (TPSA) is 23.3 Å². The van der Waals surface area contributed by atoms with Crippen molar-refractivity contribution in [1.29, 1.82) is 0 Å². The number of hydrogen-bond acceptors (Lipinski definition) is 2. The van der Waals surface area contributed by atoms with Gasteiger partial charge in [0.2, 0.25) is 5.70 Å². The molecule has 23 heavy (non-hydrogen) atoms. The zero-order chi connectivity index (χ0) is 15.9. The molecule has 0 aromatic heterocycles. The molecule has 0 amide bonds. The first-order chi connectivity index (χ1) is 11.2. The number of nitrogens with zero attached hydrogens (tertiary/aromatic N) is 2. The molecule has 0 N–H and O–H groups in total. The number of benzene rings is 1. The van der Waals surface area contributed by atoms with Crippen molar-refractivity contribution in [2.45, 2.75) is 26.2 Å². The number of fused-ring (bicyclic) bond motifs is 1. The molecule has 1 aliphatic heterocycles. The van der Waals surface area contributed by atoms with Crippen molar-refractivity contribution in [2.75, 3.05) is 19.8 Å². The highest BCUT2D eigenvalue weighted by molar-refractivity contribution is 5.67. The maximum atomic E-state index is 12.7. The summed E-state index contributed by atoms with van der Waals surface area (Å²) >= 11 is 0. The Labute approximate surface area is 137 Å². The Morgan fingerprint density at radius 3 is 3.04 bits per heavy atom. The molecule has 2 aliphatic carbocycles. The molecular weight excluding hydrogens is 284 g/mol. The van der Waals surface area contributed by atoms with Crippen LogP contribution in [0.5, 0.6) is 0 Å². The van der Waals surface area contributed by atoms with Gasteiger partial charge in [-0.2, -0.15) is 0 Å². The fraction of sp³-hybridized carbons (Fsp3) is 0.400. The summed E-state index contributed by atoms with van der Waals surface area (Å²) in [6, 6.07) is 8.57. The lowest BCUT2D eigenvalue weighted by molar-refractivity contribution is -0.547. The Morgan fingerprint density at radius 1 is 1.30 bits per heavy atom. The second-order valence-corrected chi connectivity index (χ2v) is 6.89. The van der Waals surface area contributed by atoms with Gasteiger partial charge >= 0.3 is 0 Å². The molecule has 1 heterocycles. The summed E-state index contributed by atoms with van der Waals surface area (Å²) in [5, 5.41) is 0. The third-order valence-corrected chi connectivity index (χ3v) is 5.35. The molecule has 0 bridgehead atoms. The molecule has 0 saturated carbocycles. The largest absolute Gasteiger partial charge is 0.254 e. The first-order valence-corrected chi connectivity index (χ1v) is 8.59. The van der Waals surface area contributed by atoms with Gasteiger partial charge in [0.25, 0.3) is 6.67 Å². The molecule has 3 nitrogen and oxygen atoms in total. The van der Waals surface area contributed by atoms with E-state index in [0.717, 1.165) is 38.0 Å².